The predicted molar refractivity (Wildman–Crippen MR) is 68.6 cm³/mol. The molecule has 0 aromatic carbocycles. The molecule has 0 aliphatic heterocycles. The van der Waals surface area contributed by atoms with Gasteiger partial charge in [-0.3, -0.25) is 0 Å². The van der Waals surface area contributed by atoms with E-state index in [4.69, 9.17) is 0 Å². The Labute approximate surface area is 94.8 Å². The molecular formula is C15H23. The minimum Gasteiger partial charge on any atom is -0.0842 e. The first-order valence-corrected chi connectivity index (χ1v) is 6.17. The Kier molecular flexibility index (Phi) is 6.15. The summed E-state index contributed by atoms with van der Waals surface area (Å²) in [5.74, 6) is 0.966. The van der Waals surface area contributed by atoms with E-state index in [1.54, 1.807) is 5.57 Å². The largest absolute Gasteiger partial charge is 0.0842 e. The van der Waals surface area contributed by atoms with Crippen molar-refractivity contribution in [3.05, 3.63) is 42.9 Å². The third-order valence-corrected chi connectivity index (χ3v) is 3.08. The van der Waals surface area contributed by atoms with Crippen molar-refractivity contribution in [2.45, 2.75) is 45.4 Å². The highest BCUT2D eigenvalue weighted by atomic mass is 14.2. The fraction of sp³-hybridized carbons (Fsp3) is 0.533. The molecule has 0 spiro atoms. The normalized spacial score (nSPS) is 24.9. The van der Waals surface area contributed by atoms with Crippen molar-refractivity contribution in [1.82, 2.24) is 0 Å². The van der Waals surface area contributed by atoms with Crippen LogP contribution >= 0.6 is 0 Å². The molecule has 0 heterocycles. The number of hydrogen-bond acceptors (Lipinski definition) is 0. The van der Waals surface area contributed by atoms with Crippen LogP contribution in [-0.4, -0.2) is 0 Å². The van der Waals surface area contributed by atoms with Crippen molar-refractivity contribution in [1.29, 1.82) is 0 Å². The standard InChI is InChI=1S/C15H23/c1-3-5-7-8-10-15-12-11-14(13-15)9-6-4-2/h3,5,7-8,10,14H,1,4,6,9,11-13H2,2H3/b5-3-,8-7-,15-10+. The highest BCUT2D eigenvalue weighted by molar-refractivity contribution is 5.19. The molecule has 0 heteroatoms. The van der Waals surface area contributed by atoms with E-state index < -0.39 is 0 Å². The monoisotopic (exact) mass is 203 g/mol. The lowest BCUT2D eigenvalue weighted by atomic mass is 10.0. The van der Waals surface area contributed by atoms with Crippen LogP contribution in [0.3, 0.4) is 0 Å². The first kappa shape index (κ1) is 12.3. The predicted octanol–water partition coefficient (Wildman–Crippen LogP) is 4.85. The quantitative estimate of drug-likeness (QED) is 0.560. The van der Waals surface area contributed by atoms with Crippen LogP contribution in [0, 0.1) is 12.8 Å². The van der Waals surface area contributed by atoms with Gasteiger partial charge in [-0.1, -0.05) is 62.1 Å². The third-order valence-electron chi connectivity index (χ3n) is 3.08. The summed E-state index contributed by atoms with van der Waals surface area (Å²) in [4.78, 5) is 0. The summed E-state index contributed by atoms with van der Waals surface area (Å²) in [6.45, 7) is 5.93. The van der Waals surface area contributed by atoms with Crippen molar-refractivity contribution in [2.24, 2.45) is 5.92 Å². The topological polar surface area (TPSA) is 0 Å². The highest BCUT2D eigenvalue weighted by Crippen LogP contribution is 2.33. The molecule has 1 saturated carbocycles. The molecule has 1 atom stereocenters. The Morgan fingerprint density at radius 3 is 2.93 bits per heavy atom. The minimum atomic E-state index is 0.966. The van der Waals surface area contributed by atoms with E-state index in [2.05, 4.69) is 32.1 Å². The Hall–Kier alpha value is -0.780. The van der Waals surface area contributed by atoms with Crippen LogP contribution in [-0.2, 0) is 0 Å². The van der Waals surface area contributed by atoms with E-state index in [1.165, 1.54) is 38.5 Å². The highest BCUT2D eigenvalue weighted by Gasteiger charge is 2.17. The zero-order chi connectivity index (χ0) is 10.9. The molecule has 1 unspecified atom stereocenters. The molecule has 0 aromatic heterocycles. The van der Waals surface area contributed by atoms with Gasteiger partial charge >= 0.3 is 0 Å². The van der Waals surface area contributed by atoms with Gasteiger partial charge < -0.3 is 0 Å². The lowest BCUT2D eigenvalue weighted by Gasteiger charge is -2.05. The lowest BCUT2D eigenvalue weighted by molar-refractivity contribution is 0.486. The third kappa shape index (κ3) is 5.01. The molecule has 0 saturated heterocycles. The minimum absolute atomic E-state index is 0.966. The lowest BCUT2D eigenvalue weighted by Crippen LogP contribution is -1.91. The van der Waals surface area contributed by atoms with Crippen LogP contribution in [0.25, 0.3) is 0 Å². The van der Waals surface area contributed by atoms with Gasteiger partial charge in [-0.15, -0.1) is 0 Å². The van der Waals surface area contributed by atoms with Gasteiger partial charge in [0, 0.05) is 0 Å². The Morgan fingerprint density at radius 2 is 2.20 bits per heavy atom. The maximum Gasteiger partial charge on any atom is -0.0289 e. The summed E-state index contributed by atoms with van der Waals surface area (Å²) >= 11 is 0. The smallest absolute Gasteiger partial charge is 0.0289 e. The number of unbranched alkanes of at least 4 members (excludes halogenated alkanes) is 1. The van der Waals surface area contributed by atoms with E-state index in [-0.39, 0.29) is 0 Å². The fourth-order valence-corrected chi connectivity index (χ4v) is 2.19. The first-order valence-electron chi connectivity index (χ1n) is 6.17. The number of hydrogen-bond donors (Lipinski definition) is 0. The summed E-state index contributed by atoms with van der Waals surface area (Å²) in [7, 11) is 0. The molecule has 0 nitrogen and oxygen atoms in total. The maximum absolute atomic E-state index is 3.65. The molecular weight excluding hydrogens is 180 g/mol. The first-order chi connectivity index (χ1) is 7.36. The number of rotatable bonds is 5. The Bertz CT molecular complexity index is 243. The Morgan fingerprint density at radius 1 is 1.33 bits per heavy atom. The van der Waals surface area contributed by atoms with E-state index in [0.717, 1.165) is 5.92 Å². The fourth-order valence-electron chi connectivity index (χ4n) is 2.19. The van der Waals surface area contributed by atoms with Gasteiger partial charge in [-0.05, 0) is 32.1 Å². The summed E-state index contributed by atoms with van der Waals surface area (Å²) in [6, 6.07) is 0. The van der Waals surface area contributed by atoms with Crippen LogP contribution in [0.5, 0.6) is 0 Å². The van der Waals surface area contributed by atoms with Crippen molar-refractivity contribution < 1.29 is 0 Å². The molecule has 1 radical (unpaired) electrons. The van der Waals surface area contributed by atoms with E-state index in [1.807, 2.05) is 12.2 Å². The second-order valence-electron chi connectivity index (χ2n) is 4.39. The van der Waals surface area contributed by atoms with Gasteiger partial charge in [-0.25, -0.2) is 0 Å². The average molecular weight is 203 g/mol. The Balaban J connectivity index is 2.28. The number of allylic oxidation sites excluding steroid dienone is 6. The summed E-state index contributed by atoms with van der Waals surface area (Å²) < 4.78 is 0. The molecule has 0 aromatic rings. The molecule has 0 bridgehead atoms. The van der Waals surface area contributed by atoms with E-state index in [9.17, 15) is 0 Å². The molecule has 1 aliphatic carbocycles. The van der Waals surface area contributed by atoms with Gasteiger partial charge in [0.15, 0.2) is 0 Å². The second-order valence-corrected chi connectivity index (χ2v) is 4.39. The van der Waals surface area contributed by atoms with Crippen molar-refractivity contribution in [3.8, 4) is 0 Å². The zero-order valence-corrected chi connectivity index (χ0v) is 9.91. The van der Waals surface area contributed by atoms with Crippen molar-refractivity contribution in [2.75, 3.05) is 0 Å². The second kappa shape index (κ2) is 7.50. The summed E-state index contributed by atoms with van der Waals surface area (Å²) in [5, 5.41) is 0. The zero-order valence-electron chi connectivity index (χ0n) is 9.91. The summed E-state index contributed by atoms with van der Waals surface area (Å²) in [6.07, 6.45) is 18.5. The van der Waals surface area contributed by atoms with Crippen LogP contribution < -0.4 is 0 Å². The maximum atomic E-state index is 3.65. The molecule has 1 rings (SSSR count). The van der Waals surface area contributed by atoms with Gasteiger partial charge in [-0.2, -0.15) is 0 Å². The van der Waals surface area contributed by atoms with Crippen LogP contribution in [0.4, 0.5) is 0 Å². The molecule has 15 heavy (non-hydrogen) atoms. The molecule has 83 valence electrons. The van der Waals surface area contributed by atoms with Gasteiger partial charge in [0.2, 0.25) is 0 Å². The summed E-state index contributed by atoms with van der Waals surface area (Å²) in [5.41, 5.74) is 1.63. The van der Waals surface area contributed by atoms with E-state index >= 15 is 0 Å². The van der Waals surface area contributed by atoms with Gasteiger partial charge in [0.05, 0.1) is 0 Å². The van der Waals surface area contributed by atoms with Gasteiger partial charge in [0.25, 0.3) is 0 Å². The van der Waals surface area contributed by atoms with E-state index in [0.29, 0.717) is 0 Å². The van der Waals surface area contributed by atoms with Gasteiger partial charge in [0.1, 0.15) is 0 Å². The van der Waals surface area contributed by atoms with Crippen molar-refractivity contribution >= 4 is 0 Å². The van der Waals surface area contributed by atoms with Crippen molar-refractivity contribution in [3.63, 3.8) is 0 Å². The molecule has 1 aliphatic rings. The van der Waals surface area contributed by atoms with Crippen LogP contribution in [0.2, 0.25) is 0 Å². The SMILES string of the molecule is [CH2]\C=C/C=C\C=C1/CCC(CCCC)C1. The average Bonchev–Trinajstić information content (AvgIpc) is 2.69. The molecule has 0 N–H and O–H groups in total. The van der Waals surface area contributed by atoms with Crippen LogP contribution in [0.15, 0.2) is 36.0 Å². The molecule has 1 fully saturated rings. The van der Waals surface area contributed by atoms with Crippen LogP contribution in [0.1, 0.15) is 45.4 Å². The molecule has 0 amide bonds.